The molecule has 0 aliphatic heterocycles. The summed E-state index contributed by atoms with van der Waals surface area (Å²) < 4.78 is 11.9. The zero-order valence-electron chi connectivity index (χ0n) is 31.8. The van der Waals surface area contributed by atoms with Gasteiger partial charge in [0.15, 0.2) is 0 Å². The van der Waals surface area contributed by atoms with Crippen molar-refractivity contribution in [3.63, 3.8) is 0 Å². The fraction of sp³-hybridized carbons (Fsp3) is 0. The number of pyridine rings is 1. The number of para-hydroxylation sites is 6. The average molecular weight is 752 g/mol. The molecule has 0 radical (unpaired) electrons. The fourth-order valence-electron chi connectivity index (χ4n) is 9.77. The smallest absolute Gasteiger partial charge is 0.143 e. The van der Waals surface area contributed by atoms with Gasteiger partial charge in [-0.2, -0.15) is 0 Å². The molecule has 0 atom stereocenters. The summed E-state index contributed by atoms with van der Waals surface area (Å²) in [7, 11) is 0. The van der Waals surface area contributed by atoms with Crippen molar-refractivity contribution in [2.75, 3.05) is 0 Å². The lowest BCUT2D eigenvalue weighted by molar-refractivity contribution is 0.670. The van der Waals surface area contributed by atoms with Gasteiger partial charge in [-0.3, -0.25) is 0 Å². The van der Waals surface area contributed by atoms with Crippen molar-refractivity contribution in [3.8, 4) is 33.8 Å². The highest BCUT2D eigenvalue weighted by atomic mass is 16.3. The summed E-state index contributed by atoms with van der Waals surface area (Å²) in [6.07, 6.45) is 0. The summed E-state index contributed by atoms with van der Waals surface area (Å²) in [6, 6.07) is 71.9. The maximum absolute atomic E-state index is 7.05. The Labute approximate surface area is 338 Å². The molecule has 0 spiro atoms. The van der Waals surface area contributed by atoms with E-state index < -0.39 is 0 Å². The van der Waals surface area contributed by atoms with Crippen LogP contribution in [0.1, 0.15) is 0 Å². The fourth-order valence-corrected chi connectivity index (χ4v) is 9.77. The first-order chi connectivity index (χ1) is 29.3. The summed E-state index contributed by atoms with van der Waals surface area (Å²) in [4.78, 5) is 5.39. The predicted molar refractivity (Wildman–Crippen MR) is 246 cm³/mol. The van der Waals surface area contributed by atoms with Crippen molar-refractivity contribution < 1.29 is 4.42 Å². The molecule has 274 valence electrons. The van der Waals surface area contributed by atoms with Crippen LogP contribution in [0, 0.1) is 0 Å². The number of nitrogens with zero attached hydrogens (tertiary/aromatic N) is 3. The second kappa shape index (κ2) is 12.3. The topological polar surface area (TPSA) is 35.9 Å². The van der Waals surface area contributed by atoms with Crippen molar-refractivity contribution in [2.24, 2.45) is 0 Å². The van der Waals surface area contributed by atoms with E-state index in [1.54, 1.807) is 0 Å². The largest absolute Gasteiger partial charge is 0.455 e. The third-order valence-corrected chi connectivity index (χ3v) is 12.2. The monoisotopic (exact) mass is 751 g/mol. The number of fused-ring (bicyclic) bond motifs is 13. The minimum Gasteiger partial charge on any atom is -0.455 e. The third-order valence-electron chi connectivity index (χ3n) is 12.2. The van der Waals surface area contributed by atoms with Crippen LogP contribution >= 0.6 is 0 Å². The lowest BCUT2D eigenvalue weighted by atomic mass is 9.91. The molecule has 0 saturated heterocycles. The Balaban J connectivity index is 1.22. The summed E-state index contributed by atoms with van der Waals surface area (Å²) in [6.45, 7) is 0. The molecule has 0 unspecified atom stereocenters. The van der Waals surface area contributed by atoms with Gasteiger partial charge in [0.25, 0.3) is 0 Å². The molecular formula is C55H33N3O. The number of benzene rings is 9. The molecule has 9 aromatic carbocycles. The van der Waals surface area contributed by atoms with E-state index in [1.165, 1.54) is 21.5 Å². The lowest BCUT2D eigenvalue weighted by Gasteiger charge is -2.17. The highest BCUT2D eigenvalue weighted by Gasteiger charge is 2.23. The van der Waals surface area contributed by atoms with E-state index in [9.17, 15) is 0 Å². The van der Waals surface area contributed by atoms with Gasteiger partial charge in [0, 0.05) is 71.0 Å². The van der Waals surface area contributed by atoms with Crippen LogP contribution in [0.3, 0.4) is 0 Å². The molecule has 4 heteroatoms. The number of aromatic nitrogens is 3. The van der Waals surface area contributed by atoms with Crippen molar-refractivity contribution in [1.29, 1.82) is 0 Å². The number of hydrogen-bond donors (Lipinski definition) is 0. The first kappa shape index (κ1) is 32.2. The summed E-state index contributed by atoms with van der Waals surface area (Å²) in [5.74, 6) is 0. The summed E-state index contributed by atoms with van der Waals surface area (Å²) >= 11 is 0. The minimum atomic E-state index is 0.861. The molecule has 0 bridgehead atoms. The zero-order chi connectivity index (χ0) is 38.6. The van der Waals surface area contributed by atoms with Crippen LogP contribution in [0.4, 0.5) is 0 Å². The van der Waals surface area contributed by atoms with Crippen molar-refractivity contribution in [1.82, 2.24) is 14.1 Å². The molecule has 0 saturated carbocycles. The molecule has 0 aliphatic rings. The summed E-state index contributed by atoms with van der Waals surface area (Å²) in [5.41, 5.74) is 13.6. The Bertz CT molecular complexity index is 3610. The predicted octanol–water partition coefficient (Wildman–Crippen LogP) is 14.8. The van der Waals surface area contributed by atoms with Gasteiger partial charge < -0.3 is 13.6 Å². The molecular weight excluding hydrogens is 719 g/mol. The van der Waals surface area contributed by atoms with Gasteiger partial charge in [-0.25, -0.2) is 4.98 Å². The maximum atomic E-state index is 7.05. The molecule has 59 heavy (non-hydrogen) atoms. The molecule has 4 nitrogen and oxygen atoms in total. The van der Waals surface area contributed by atoms with Gasteiger partial charge >= 0.3 is 0 Å². The standard InChI is InChI=1S/C55H33N3O/c1-2-16-34(17-3-1)54-45-33-44(55-53(43-23-9-15-29-51(43)59-55)52(45)42-22-4-10-24-46(42)56-54)35-30-36(57-47-25-11-5-18-38(47)39-19-6-12-26-48(39)57)32-37(31-35)58-49-27-13-7-20-40(49)41-21-8-14-28-50(41)58/h1-33H. The van der Waals surface area contributed by atoms with E-state index in [2.05, 4.69) is 209 Å². The first-order valence-corrected chi connectivity index (χ1v) is 20.1. The van der Waals surface area contributed by atoms with Crippen LogP contribution in [-0.2, 0) is 0 Å². The Morgan fingerprint density at radius 1 is 0.356 bits per heavy atom. The Morgan fingerprint density at radius 2 is 0.831 bits per heavy atom. The first-order valence-electron chi connectivity index (χ1n) is 20.1. The average Bonchev–Trinajstić information content (AvgIpc) is 3.97. The quantitative estimate of drug-likeness (QED) is 0.168. The van der Waals surface area contributed by atoms with Gasteiger partial charge in [-0.1, -0.05) is 140 Å². The van der Waals surface area contributed by atoms with Crippen molar-refractivity contribution in [2.45, 2.75) is 0 Å². The maximum Gasteiger partial charge on any atom is 0.143 e. The van der Waals surface area contributed by atoms with E-state index in [0.717, 1.165) is 99.4 Å². The Kier molecular flexibility index (Phi) is 6.69. The SMILES string of the molecule is c1ccc(-c2nc3ccccc3c3c2cc(-c2cc(-n4c5ccccc5c5ccccc54)cc(-n4c5ccccc5c5ccccc54)c2)c2oc4ccccc4c23)cc1. The molecule has 0 aliphatic carbocycles. The van der Waals surface area contributed by atoms with Crippen LogP contribution < -0.4 is 0 Å². The highest BCUT2D eigenvalue weighted by Crippen LogP contribution is 2.47. The van der Waals surface area contributed by atoms with Crippen LogP contribution in [0.25, 0.3) is 121 Å². The van der Waals surface area contributed by atoms with Crippen LogP contribution in [0.2, 0.25) is 0 Å². The third kappa shape index (κ3) is 4.63. The molecule has 0 amide bonds. The van der Waals surface area contributed by atoms with E-state index in [4.69, 9.17) is 9.40 Å². The van der Waals surface area contributed by atoms with Crippen molar-refractivity contribution in [3.05, 3.63) is 200 Å². The second-order valence-electron chi connectivity index (χ2n) is 15.5. The second-order valence-corrected chi connectivity index (χ2v) is 15.5. The number of rotatable bonds is 4. The zero-order valence-corrected chi connectivity index (χ0v) is 31.8. The Morgan fingerprint density at radius 3 is 1.41 bits per heavy atom. The minimum absolute atomic E-state index is 0.861. The lowest BCUT2D eigenvalue weighted by Crippen LogP contribution is -2.00. The molecule has 4 heterocycles. The number of furan rings is 1. The highest BCUT2D eigenvalue weighted by molar-refractivity contribution is 6.30. The summed E-state index contributed by atoms with van der Waals surface area (Å²) in [5, 5.41) is 10.4. The molecule has 4 aromatic heterocycles. The van der Waals surface area contributed by atoms with Gasteiger partial charge in [-0.05, 0) is 66.2 Å². The van der Waals surface area contributed by atoms with Gasteiger partial charge in [0.05, 0.1) is 33.3 Å². The Hall–Kier alpha value is -7.95. The molecule has 0 N–H and O–H groups in total. The number of hydrogen-bond acceptors (Lipinski definition) is 2. The molecule has 13 aromatic rings. The van der Waals surface area contributed by atoms with Crippen LogP contribution in [-0.4, -0.2) is 14.1 Å². The van der Waals surface area contributed by atoms with Crippen LogP contribution in [0.5, 0.6) is 0 Å². The van der Waals surface area contributed by atoms with E-state index in [-0.39, 0.29) is 0 Å². The van der Waals surface area contributed by atoms with Gasteiger partial charge in [-0.15, -0.1) is 0 Å². The molecule has 13 rings (SSSR count). The molecule has 0 fully saturated rings. The van der Waals surface area contributed by atoms with E-state index in [1.807, 2.05) is 0 Å². The van der Waals surface area contributed by atoms with E-state index >= 15 is 0 Å². The van der Waals surface area contributed by atoms with Crippen molar-refractivity contribution >= 4 is 87.2 Å². The van der Waals surface area contributed by atoms with E-state index in [0.29, 0.717) is 0 Å². The van der Waals surface area contributed by atoms with Gasteiger partial charge in [0.2, 0.25) is 0 Å². The van der Waals surface area contributed by atoms with Gasteiger partial charge in [0.1, 0.15) is 11.2 Å². The van der Waals surface area contributed by atoms with Crippen LogP contribution in [0.15, 0.2) is 205 Å². The normalized spacial score (nSPS) is 12.1.